The van der Waals surface area contributed by atoms with Crippen molar-refractivity contribution in [3.05, 3.63) is 72.0 Å². The van der Waals surface area contributed by atoms with Crippen LogP contribution in [-0.2, 0) is 0 Å². The van der Waals surface area contributed by atoms with Gasteiger partial charge in [0.1, 0.15) is 5.82 Å². The van der Waals surface area contributed by atoms with E-state index in [1.807, 2.05) is 55.5 Å². The lowest BCUT2D eigenvalue weighted by Crippen LogP contribution is -1.87. The van der Waals surface area contributed by atoms with Gasteiger partial charge in [0, 0.05) is 5.56 Å². The fourth-order valence-electron chi connectivity index (χ4n) is 2.31. The Bertz CT molecular complexity index is 694. The van der Waals surface area contributed by atoms with Crippen LogP contribution in [0.5, 0.6) is 0 Å². The maximum atomic E-state index is 14.1. The van der Waals surface area contributed by atoms with Gasteiger partial charge in [0.25, 0.3) is 0 Å². The minimum atomic E-state index is -0.167. The molecule has 0 spiro atoms. The first-order chi connectivity index (χ1) is 8.75. The maximum Gasteiger partial charge on any atom is 0.131 e. The molecule has 0 saturated heterocycles. The van der Waals surface area contributed by atoms with E-state index in [1.165, 1.54) is 0 Å². The van der Waals surface area contributed by atoms with Crippen molar-refractivity contribution < 1.29 is 4.39 Å². The van der Waals surface area contributed by atoms with Gasteiger partial charge in [-0.05, 0) is 29.3 Å². The van der Waals surface area contributed by atoms with E-state index in [1.54, 1.807) is 6.07 Å². The highest BCUT2D eigenvalue weighted by atomic mass is 19.1. The SMILES string of the molecule is Cc1ccc2ccc(F)c(-c3ccccc3)c2c1. The smallest absolute Gasteiger partial charge is 0.131 e. The average Bonchev–Trinajstić information content (AvgIpc) is 2.39. The number of rotatable bonds is 1. The molecule has 0 N–H and O–H groups in total. The summed E-state index contributed by atoms with van der Waals surface area (Å²) in [4.78, 5) is 0. The van der Waals surface area contributed by atoms with Gasteiger partial charge in [-0.1, -0.05) is 60.2 Å². The van der Waals surface area contributed by atoms with Crippen LogP contribution in [0.15, 0.2) is 60.7 Å². The molecule has 3 rings (SSSR count). The first-order valence-corrected chi connectivity index (χ1v) is 6.00. The van der Waals surface area contributed by atoms with Crippen LogP contribution in [0.25, 0.3) is 21.9 Å². The third-order valence-corrected chi connectivity index (χ3v) is 3.19. The van der Waals surface area contributed by atoms with E-state index >= 15 is 0 Å². The van der Waals surface area contributed by atoms with E-state index in [4.69, 9.17) is 0 Å². The number of benzene rings is 3. The number of hydrogen-bond acceptors (Lipinski definition) is 0. The van der Waals surface area contributed by atoms with Crippen LogP contribution < -0.4 is 0 Å². The second-order valence-electron chi connectivity index (χ2n) is 4.51. The van der Waals surface area contributed by atoms with Crippen LogP contribution in [0.3, 0.4) is 0 Å². The van der Waals surface area contributed by atoms with E-state index in [0.717, 1.165) is 21.9 Å². The van der Waals surface area contributed by atoms with E-state index in [-0.39, 0.29) is 5.82 Å². The summed E-state index contributed by atoms with van der Waals surface area (Å²) >= 11 is 0. The summed E-state index contributed by atoms with van der Waals surface area (Å²) in [5, 5.41) is 2.04. The van der Waals surface area contributed by atoms with Crippen molar-refractivity contribution in [2.45, 2.75) is 6.92 Å². The molecular formula is C17H13F. The Balaban J connectivity index is 2.40. The lowest BCUT2D eigenvalue weighted by Gasteiger charge is -2.09. The molecular weight excluding hydrogens is 223 g/mol. The molecule has 0 aliphatic rings. The summed E-state index contributed by atoms with van der Waals surface area (Å²) in [6, 6.07) is 19.2. The fourth-order valence-corrected chi connectivity index (χ4v) is 2.31. The fraction of sp³-hybridized carbons (Fsp3) is 0.0588. The molecule has 0 atom stereocenters. The predicted octanol–water partition coefficient (Wildman–Crippen LogP) is 4.95. The Morgan fingerprint density at radius 2 is 1.56 bits per heavy atom. The van der Waals surface area contributed by atoms with Gasteiger partial charge >= 0.3 is 0 Å². The third-order valence-electron chi connectivity index (χ3n) is 3.19. The lowest BCUT2D eigenvalue weighted by molar-refractivity contribution is 0.633. The monoisotopic (exact) mass is 236 g/mol. The van der Waals surface area contributed by atoms with E-state index < -0.39 is 0 Å². The quantitative estimate of drug-likeness (QED) is 0.560. The molecule has 1 heteroatoms. The highest BCUT2D eigenvalue weighted by Gasteiger charge is 2.09. The molecule has 88 valence electrons. The third kappa shape index (κ3) is 1.78. The summed E-state index contributed by atoms with van der Waals surface area (Å²) in [7, 11) is 0. The largest absolute Gasteiger partial charge is 0.206 e. The van der Waals surface area contributed by atoms with Crippen LogP contribution >= 0.6 is 0 Å². The second-order valence-corrected chi connectivity index (χ2v) is 4.51. The Kier molecular flexibility index (Phi) is 2.60. The molecule has 0 saturated carbocycles. The predicted molar refractivity (Wildman–Crippen MR) is 74.1 cm³/mol. The molecule has 0 aromatic heterocycles. The summed E-state index contributed by atoms with van der Waals surface area (Å²) in [5.41, 5.74) is 2.76. The van der Waals surface area contributed by atoms with Gasteiger partial charge in [-0.15, -0.1) is 0 Å². The first kappa shape index (κ1) is 11.0. The minimum Gasteiger partial charge on any atom is -0.206 e. The molecule has 3 aromatic rings. The zero-order valence-corrected chi connectivity index (χ0v) is 10.2. The van der Waals surface area contributed by atoms with Crippen LogP contribution in [0.2, 0.25) is 0 Å². The average molecular weight is 236 g/mol. The maximum absolute atomic E-state index is 14.1. The van der Waals surface area contributed by atoms with Crippen molar-refractivity contribution in [3.8, 4) is 11.1 Å². The van der Waals surface area contributed by atoms with Gasteiger partial charge in [-0.2, -0.15) is 0 Å². The topological polar surface area (TPSA) is 0 Å². The molecule has 0 bridgehead atoms. The number of halogens is 1. The molecule has 0 fully saturated rings. The molecule has 0 radical (unpaired) electrons. The zero-order chi connectivity index (χ0) is 12.5. The lowest BCUT2D eigenvalue weighted by atomic mass is 9.96. The van der Waals surface area contributed by atoms with Gasteiger partial charge in [0.05, 0.1) is 0 Å². The molecule has 0 aliphatic heterocycles. The van der Waals surface area contributed by atoms with Crippen LogP contribution in [0.4, 0.5) is 4.39 Å². The first-order valence-electron chi connectivity index (χ1n) is 6.00. The minimum absolute atomic E-state index is 0.167. The molecule has 0 heterocycles. The Labute approximate surface area is 106 Å². The normalized spacial score (nSPS) is 10.8. The van der Waals surface area contributed by atoms with E-state index in [2.05, 4.69) is 6.07 Å². The zero-order valence-electron chi connectivity index (χ0n) is 10.2. The van der Waals surface area contributed by atoms with E-state index in [9.17, 15) is 4.39 Å². The summed E-state index contributed by atoms with van der Waals surface area (Å²) in [5.74, 6) is -0.167. The molecule has 0 unspecified atom stereocenters. The molecule has 0 aliphatic carbocycles. The van der Waals surface area contributed by atoms with Crippen LogP contribution in [0.1, 0.15) is 5.56 Å². The summed E-state index contributed by atoms with van der Waals surface area (Å²) < 4.78 is 14.1. The van der Waals surface area contributed by atoms with Crippen LogP contribution in [0, 0.1) is 12.7 Å². The van der Waals surface area contributed by atoms with Crippen molar-refractivity contribution >= 4 is 10.8 Å². The van der Waals surface area contributed by atoms with Gasteiger partial charge in [0.2, 0.25) is 0 Å². The summed E-state index contributed by atoms with van der Waals surface area (Å²) in [6.45, 7) is 2.03. The van der Waals surface area contributed by atoms with Crippen molar-refractivity contribution in [1.29, 1.82) is 0 Å². The van der Waals surface area contributed by atoms with Gasteiger partial charge < -0.3 is 0 Å². The van der Waals surface area contributed by atoms with Crippen molar-refractivity contribution in [1.82, 2.24) is 0 Å². The number of aryl methyl sites for hydroxylation is 1. The van der Waals surface area contributed by atoms with Gasteiger partial charge in [-0.25, -0.2) is 4.39 Å². The standard InChI is InChI=1S/C17H13F/c1-12-7-8-13-9-10-16(18)17(15(13)11-12)14-5-3-2-4-6-14/h2-11H,1H3. The molecule has 0 nitrogen and oxygen atoms in total. The van der Waals surface area contributed by atoms with E-state index in [0.29, 0.717) is 5.56 Å². The van der Waals surface area contributed by atoms with Gasteiger partial charge in [0.15, 0.2) is 0 Å². The highest BCUT2D eigenvalue weighted by molar-refractivity contribution is 5.97. The van der Waals surface area contributed by atoms with Crippen molar-refractivity contribution in [3.63, 3.8) is 0 Å². The number of fused-ring (bicyclic) bond motifs is 1. The highest BCUT2D eigenvalue weighted by Crippen LogP contribution is 2.31. The Hall–Kier alpha value is -2.15. The second kappa shape index (κ2) is 4.26. The van der Waals surface area contributed by atoms with Crippen LogP contribution in [-0.4, -0.2) is 0 Å². The van der Waals surface area contributed by atoms with Crippen molar-refractivity contribution in [2.24, 2.45) is 0 Å². The molecule has 0 amide bonds. The Morgan fingerprint density at radius 1 is 0.833 bits per heavy atom. The summed E-state index contributed by atoms with van der Waals surface area (Å²) in [6.07, 6.45) is 0. The van der Waals surface area contributed by atoms with Gasteiger partial charge in [-0.3, -0.25) is 0 Å². The Morgan fingerprint density at radius 3 is 2.33 bits per heavy atom. The number of hydrogen-bond donors (Lipinski definition) is 0. The molecule has 18 heavy (non-hydrogen) atoms. The van der Waals surface area contributed by atoms with Crippen molar-refractivity contribution in [2.75, 3.05) is 0 Å². The molecule has 3 aromatic carbocycles.